The zero-order chi connectivity index (χ0) is 15.7. The van der Waals surface area contributed by atoms with Crippen LogP contribution in [0.15, 0.2) is 46.9 Å². The number of hydrogen-bond donors (Lipinski definition) is 1. The van der Waals surface area contributed by atoms with E-state index >= 15 is 0 Å². The number of benzene rings is 2. The van der Waals surface area contributed by atoms with Gasteiger partial charge in [0.25, 0.3) is 0 Å². The average molecular weight is 300 g/mol. The minimum Gasteiger partial charge on any atom is -0.508 e. The van der Waals surface area contributed by atoms with Crippen LogP contribution in [-0.4, -0.2) is 17.7 Å². The molecule has 0 saturated carbocycles. The number of fused-ring (bicyclic) bond motifs is 1. The minimum atomic E-state index is -0.578. The molecule has 0 aliphatic heterocycles. The highest BCUT2D eigenvalue weighted by molar-refractivity contribution is 6.09. The van der Waals surface area contributed by atoms with Gasteiger partial charge in [-0.15, -0.1) is 0 Å². The maximum Gasteiger partial charge on any atom is 0.342 e. The van der Waals surface area contributed by atoms with Crippen LogP contribution in [0.1, 0.15) is 17.3 Å². The van der Waals surface area contributed by atoms with E-state index in [2.05, 4.69) is 0 Å². The zero-order valence-corrected chi connectivity index (χ0v) is 11.8. The van der Waals surface area contributed by atoms with E-state index in [1.54, 1.807) is 19.1 Å². The summed E-state index contributed by atoms with van der Waals surface area (Å²) >= 11 is 0. The van der Waals surface area contributed by atoms with E-state index in [0.29, 0.717) is 16.5 Å². The van der Waals surface area contributed by atoms with Crippen molar-refractivity contribution in [2.45, 2.75) is 6.92 Å². The van der Waals surface area contributed by atoms with Crippen LogP contribution in [0.2, 0.25) is 0 Å². The maximum absolute atomic E-state index is 13.5. The number of ether oxygens (including phenoxy) is 1. The number of hydrogen-bond acceptors (Lipinski definition) is 4. The summed E-state index contributed by atoms with van der Waals surface area (Å²) in [5.74, 6) is -0.787. The highest BCUT2D eigenvalue weighted by atomic mass is 19.1. The number of phenols is 1. The van der Waals surface area contributed by atoms with Gasteiger partial charge < -0.3 is 14.3 Å². The maximum atomic E-state index is 13.5. The van der Waals surface area contributed by atoms with Crippen molar-refractivity contribution in [3.63, 3.8) is 0 Å². The first-order valence-corrected chi connectivity index (χ1v) is 6.78. The smallest absolute Gasteiger partial charge is 0.342 e. The predicted octanol–water partition coefficient (Wildman–Crippen LogP) is 4.12. The van der Waals surface area contributed by atoms with Crippen molar-refractivity contribution in [1.29, 1.82) is 0 Å². The normalized spacial score (nSPS) is 10.8. The first-order valence-electron chi connectivity index (χ1n) is 6.78. The van der Waals surface area contributed by atoms with E-state index < -0.39 is 11.8 Å². The second kappa shape index (κ2) is 5.52. The summed E-state index contributed by atoms with van der Waals surface area (Å²) in [6.07, 6.45) is 0. The zero-order valence-electron chi connectivity index (χ0n) is 11.8. The quantitative estimate of drug-likeness (QED) is 0.739. The molecule has 0 saturated heterocycles. The van der Waals surface area contributed by atoms with Crippen molar-refractivity contribution < 1.29 is 23.4 Å². The third-order valence-corrected chi connectivity index (χ3v) is 3.24. The van der Waals surface area contributed by atoms with Gasteiger partial charge in [-0.1, -0.05) is 12.1 Å². The topological polar surface area (TPSA) is 59.7 Å². The fourth-order valence-corrected chi connectivity index (χ4v) is 2.32. The van der Waals surface area contributed by atoms with E-state index in [-0.39, 0.29) is 23.7 Å². The van der Waals surface area contributed by atoms with E-state index in [4.69, 9.17) is 9.15 Å². The Bertz CT molecular complexity index is 851. The molecule has 1 aromatic heterocycles. The third-order valence-electron chi connectivity index (χ3n) is 3.24. The molecule has 0 fully saturated rings. The number of phenolic OH excluding ortho intramolecular Hbond substituents is 1. The monoisotopic (exact) mass is 300 g/mol. The molecule has 3 rings (SSSR count). The number of esters is 1. The summed E-state index contributed by atoms with van der Waals surface area (Å²) in [4.78, 5) is 12.3. The molecule has 0 spiro atoms. The summed E-state index contributed by atoms with van der Waals surface area (Å²) in [5.41, 5.74) is 1.03. The molecule has 5 heteroatoms. The molecular weight excluding hydrogens is 287 g/mol. The van der Waals surface area contributed by atoms with E-state index in [9.17, 15) is 14.3 Å². The highest BCUT2D eigenvalue weighted by Crippen LogP contribution is 2.36. The lowest BCUT2D eigenvalue weighted by atomic mass is 10.1. The molecule has 2 aromatic carbocycles. The Balaban J connectivity index is 2.29. The Labute approximate surface area is 125 Å². The number of halogens is 1. The SMILES string of the molecule is CCOC(=O)c1c(-c2cccc(F)c2)oc2ccc(O)cc12. The molecule has 0 amide bonds. The molecular formula is C17H13FO4. The fourth-order valence-electron chi connectivity index (χ4n) is 2.32. The van der Waals surface area contributed by atoms with E-state index in [1.807, 2.05) is 0 Å². The van der Waals surface area contributed by atoms with E-state index in [1.165, 1.54) is 30.3 Å². The van der Waals surface area contributed by atoms with Crippen molar-refractivity contribution >= 4 is 16.9 Å². The van der Waals surface area contributed by atoms with Crippen molar-refractivity contribution in [3.8, 4) is 17.1 Å². The van der Waals surface area contributed by atoms with Gasteiger partial charge in [0.2, 0.25) is 0 Å². The third kappa shape index (κ3) is 2.41. The van der Waals surface area contributed by atoms with Crippen molar-refractivity contribution in [2.75, 3.05) is 6.61 Å². The molecule has 112 valence electrons. The molecule has 4 nitrogen and oxygen atoms in total. The van der Waals surface area contributed by atoms with Crippen molar-refractivity contribution in [1.82, 2.24) is 0 Å². The Morgan fingerprint density at radius 3 is 2.82 bits per heavy atom. The highest BCUT2D eigenvalue weighted by Gasteiger charge is 2.23. The molecule has 1 heterocycles. The second-order valence-electron chi connectivity index (χ2n) is 4.72. The first-order chi connectivity index (χ1) is 10.6. The molecule has 0 aliphatic rings. The van der Waals surface area contributed by atoms with Gasteiger partial charge in [-0.2, -0.15) is 0 Å². The summed E-state index contributed by atoms with van der Waals surface area (Å²) in [5, 5.41) is 10.1. The molecule has 3 aromatic rings. The van der Waals surface area contributed by atoms with Crippen molar-refractivity contribution in [3.05, 3.63) is 53.8 Å². The van der Waals surface area contributed by atoms with E-state index in [0.717, 1.165) is 0 Å². The van der Waals surface area contributed by atoms with Gasteiger partial charge in [0.1, 0.15) is 28.5 Å². The van der Waals surface area contributed by atoms with Crippen LogP contribution in [0.4, 0.5) is 4.39 Å². The predicted molar refractivity (Wildman–Crippen MR) is 79.2 cm³/mol. The minimum absolute atomic E-state index is 0.00430. The van der Waals surface area contributed by atoms with Gasteiger partial charge in [-0.3, -0.25) is 0 Å². The van der Waals surface area contributed by atoms with Crippen LogP contribution in [0.5, 0.6) is 5.75 Å². The Kier molecular flexibility index (Phi) is 3.55. The number of furan rings is 1. The summed E-state index contributed by atoms with van der Waals surface area (Å²) in [6.45, 7) is 1.90. The van der Waals surface area contributed by atoms with Crippen LogP contribution in [-0.2, 0) is 4.74 Å². The number of carbonyl (C=O) groups excluding carboxylic acids is 1. The molecule has 0 aliphatic carbocycles. The Hall–Kier alpha value is -2.82. The van der Waals surface area contributed by atoms with Crippen LogP contribution in [0.3, 0.4) is 0 Å². The average Bonchev–Trinajstić information content (AvgIpc) is 2.86. The molecule has 1 N–H and O–H groups in total. The van der Waals surface area contributed by atoms with Gasteiger partial charge >= 0.3 is 5.97 Å². The standard InChI is InChI=1S/C17H13FO4/c1-2-21-17(20)15-13-9-12(19)6-7-14(13)22-16(15)10-4-3-5-11(18)8-10/h3-9,19H,2H2,1H3. The summed E-state index contributed by atoms with van der Waals surface area (Å²) in [6, 6.07) is 10.2. The van der Waals surface area contributed by atoms with Crippen LogP contribution in [0.25, 0.3) is 22.3 Å². The molecule has 0 bridgehead atoms. The van der Waals surface area contributed by atoms with Gasteiger partial charge in [0.15, 0.2) is 0 Å². The first kappa shape index (κ1) is 14.1. The molecule has 22 heavy (non-hydrogen) atoms. The number of carbonyl (C=O) groups is 1. The lowest BCUT2D eigenvalue weighted by molar-refractivity contribution is 0.0529. The molecule has 0 radical (unpaired) electrons. The van der Waals surface area contributed by atoms with Crippen LogP contribution in [0, 0.1) is 5.82 Å². The van der Waals surface area contributed by atoms with Gasteiger partial charge in [0.05, 0.1) is 6.61 Å². The lowest BCUT2D eigenvalue weighted by Crippen LogP contribution is -2.05. The Morgan fingerprint density at radius 1 is 1.27 bits per heavy atom. The molecule has 0 unspecified atom stereocenters. The van der Waals surface area contributed by atoms with Crippen molar-refractivity contribution in [2.24, 2.45) is 0 Å². The summed E-state index contributed by atoms with van der Waals surface area (Å²) in [7, 11) is 0. The van der Waals surface area contributed by atoms with Gasteiger partial charge in [-0.05, 0) is 37.3 Å². The second-order valence-corrected chi connectivity index (χ2v) is 4.72. The Morgan fingerprint density at radius 2 is 2.09 bits per heavy atom. The van der Waals surface area contributed by atoms with Gasteiger partial charge in [-0.25, -0.2) is 9.18 Å². The molecule has 0 atom stereocenters. The summed E-state index contributed by atoms with van der Waals surface area (Å²) < 4.78 is 24.2. The van der Waals surface area contributed by atoms with Crippen LogP contribution < -0.4 is 0 Å². The van der Waals surface area contributed by atoms with Gasteiger partial charge in [0, 0.05) is 10.9 Å². The number of aromatic hydroxyl groups is 1. The lowest BCUT2D eigenvalue weighted by Gasteiger charge is -2.03. The van der Waals surface area contributed by atoms with Crippen LogP contribution >= 0.6 is 0 Å². The number of rotatable bonds is 3. The largest absolute Gasteiger partial charge is 0.508 e. The fraction of sp³-hybridized carbons (Fsp3) is 0.118.